The molecule has 0 saturated heterocycles. The van der Waals surface area contributed by atoms with Gasteiger partial charge < -0.3 is 20.3 Å². The third kappa shape index (κ3) is 2.00. The highest BCUT2D eigenvalue weighted by Crippen LogP contribution is 2.31. The fourth-order valence-corrected chi connectivity index (χ4v) is 2.57. The van der Waals surface area contributed by atoms with Crippen LogP contribution in [0.3, 0.4) is 0 Å². The van der Waals surface area contributed by atoms with Crippen molar-refractivity contribution in [1.29, 1.82) is 0 Å². The third-order valence-electron chi connectivity index (χ3n) is 3.59. The summed E-state index contributed by atoms with van der Waals surface area (Å²) in [5.74, 6) is 1.15. The molecule has 3 N–H and O–H groups in total. The Morgan fingerprint density at radius 3 is 2.85 bits per heavy atom. The summed E-state index contributed by atoms with van der Waals surface area (Å²) in [5.41, 5.74) is 7.27. The number of hydrogen-bond donors (Lipinski definition) is 2. The van der Waals surface area contributed by atoms with Gasteiger partial charge in [-0.15, -0.1) is 0 Å². The van der Waals surface area contributed by atoms with Crippen LogP contribution in [-0.2, 0) is 0 Å². The van der Waals surface area contributed by atoms with Gasteiger partial charge in [-0.3, -0.25) is 0 Å². The lowest BCUT2D eigenvalue weighted by molar-refractivity contribution is 0.244. The van der Waals surface area contributed by atoms with Crippen molar-refractivity contribution in [2.75, 3.05) is 31.3 Å². The van der Waals surface area contributed by atoms with Gasteiger partial charge in [0, 0.05) is 26.6 Å². The summed E-state index contributed by atoms with van der Waals surface area (Å²) in [7, 11) is 3.80. The fraction of sp³-hybridized carbons (Fsp3) is 0.462. The minimum Gasteiger partial charge on any atom is -0.396 e. The number of aromatic nitrogens is 4. The molecule has 0 radical (unpaired) electrons. The summed E-state index contributed by atoms with van der Waals surface area (Å²) in [6, 6.07) is 0.154. The number of nitrogen functional groups attached to an aromatic ring is 1. The second kappa shape index (κ2) is 4.75. The van der Waals surface area contributed by atoms with E-state index in [1.165, 1.54) is 0 Å². The molecule has 2 atom stereocenters. The second-order valence-electron chi connectivity index (χ2n) is 5.25. The first-order valence-electron chi connectivity index (χ1n) is 6.56. The van der Waals surface area contributed by atoms with Crippen molar-refractivity contribution >= 4 is 22.9 Å². The van der Waals surface area contributed by atoms with Crippen LogP contribution in [0.5, 0.6) is 0 Å². The number of allylic oxidation sites excluding steroid dienone is 1. The van der Waals surface area contributed by atoms with Crippen LogP contribution < -0.4 is 10.6 Å². The molecule has 7 nitrogen and oxygen atoms in total. The summed E-state index contributed by atoms with van der Waals surface area (Å²) < 4.78 is 1.99. The molecule has 2 aromatic rings. The molecule has 0 bridgehead atoms. The van der Waals surface area contributed by atoms with Crippen LogP contribution in [0.2, 0.25) is 0 Å². The van der Waals surface area contributed by atoms with Gasteiger partial charge in [0.1, 0.15) is 0 Å². The van der Waals surface area contributed by atoms with Gasteiger partial charge in [-0.25, -0.2) is 4.98 Å². The quantitative estimate of drug-likeness (QED) is 0.795. The minimum atomic E-state index is 0.154. The van der Waals surface area contributed by atoms with Gasteiger partial charge in [-0.1, -0.05) is 12.2 Å². The molecule has 0 saturated carbocycles. The highest BCUT2D eigenvalue weighted by Gasteiger charge is 2.23. The number of nitrogens with two attached hydrogens (primary N) is 1. The van der Waals surface area contributed by atoms with E-state index in [1.54, 1.807) is 6.33 Å². The molecule has 7 heteroatoms. The minimum absolute atomic E-state index is 0.154. The van der Waals surface area contributed by atoms with E-state index in [1.807, 2.05) is 29.6 Å². The number of aliphatic hydroxyl groups excluding tert-OH is 1. The topological polar surface area (TPSA) is 93.1 Å². The summed E-state index contributed by atoms with van der Waals surface area (Å²) in [6.45, 7) is 0.166. The molecule has 2 heterocycles. The molecule has 1 aliphatic carbocycles. The Morgan fingerprint density at radius 2 is 2.20 bits per heavy atom. The predicted octanol–water partition coefficient (Wildman–Crippen LogP) is 0.584. The van der Waals surface area contributed by atoms with E-state index in [4.69, 9.17) is 5.73 Å². The molecule has 1 aliphatic rings. The van der Waals surface area contributed by atoms with E-state index in [0.717, 1.165) is 17.6 Å². The molecular weight excluding hydrogens is 256 g/mol. The molecule has 0 amide bonds. The zero-order chi connectivity index (χ0) is 14.3. The van der Waals surface area contributed by atoms with Crippen LogP contribution in [0.1, 0.15) is 12.5 Å². The maximum atomic E-state index is 9.23. The lowest BCUT2D eigenvalue weighted by Gasteiger charge is -2.14. The number of fused-ring (bicyclic) bond motifs is 1. The molecule has 3 rings (SSSR count). The number of rotatable bonds is 3. The normalized spacial score (nSPS) is 21.8. The Balaban J connectivity index is 2.08. The molecule has 106 valence electrons. The van der Waals surface area contributed by atoms with E-state index in [9.17, 15) is 5.11 Å². The van der Waals surface area contributed by atoms with Gasteiger partial charge >= 0.3 is 0 Å². The van der Waals surface area contributed by atoms with Gasteiger partial charge in [-0.05, 0) is 6.42 Å². The van der Waals surface area contributed by atoms with E-state index in [-0.39, 0.29) is 24.5 Å². The van der Waals surface area contributed by atoms with Gasteiger partial charge in [-0.2, -0.15) is 9.97 Å². The van der Waals surface area contributed by atoms with Crippen LogP contribution in [0.15, 0.2) is 18.5 Å². The Morgan fingerprint density at radius 1 is 1.40 bits per heavy atom. The average molecular weight is 274 g/mol. The van der Waals surface area contributed by atoms with Crippen LogP contribution in [0.4, 0.5) is 11.8 Å². The van der Waals surface area contributed by atoms with Crippen molar-refractivity contribution in [3.8, 4) is 0 Å². The van der Waals surface area contributed by atoms with Gasteiger partial charge in [0.15, 0.2) is 17.0 Å². The molecule has 0 spiro atoms. The van der Waals surface area contributed by atoms with Gasteiger partial charge in [0.2, 0.25) is 5.95 Å². The maximum Gasteiger partial charge on any atom is 0.224 e. The molecular formula is C13H18N6O. The average Bonchev–Trinajstić information content (AvgIpc) is 3.02. The smallest absolute Gasteiger partial charge is 0.224 e. The number of anilines is 2. The Hall–Kier alpha value is -2.15. The first kappa shape index (κ1) is 12.9. The summed E-state index contributed by atoms with van der Waals surface area (Å²) >= 11 is 0. The number of nitrogens with zero attached hydrogens (tertiary/aromatic N) is 5. The molecule has 20 heavy (non-hydrogen) atoms. The largest absolute Gasteiger partial charge is 0.396 e. The van der Waals surface area contributed by atoms with E-state index < -0.39 is 0 Å². The van der Waals surface area contributed by atoms with Crippen molar-refractivity contribution in [2.45, 2.75) is 12.5 Å². The first-order valence-corrected chi connectivity index (χ1v) is 6.56. The fourth-order valence-electron chi connectivity index (χ4n) is 2.57. The van der Waals surface area contributed by atoms with Crippen molar-refractivity contribution in [3.05, 3.63) is 18.5 Å². The molecule has 2 aromatic heterocycles. The van der Waals surface area contributed by atoms with E-state index in [2.05, 4.69) is 21.0 Å². The lowest BCUT2D eigenvalue weighted by atomic mass is 10.1. The van der Waals surface area contributed by atoms with Crippen LogP contribution in [0, 0.1) is 5.92 Å². The zero-order valence-corrected chi connectivity index (χ0v) is 11.6. The first-order chi connectivity index (χ1) is 9.60. The van der Waals surface area contributed by atoms with Crippen molar-refractivity contribution < 1.29 is 5.11 Å². The van der Waals surface area contributed by atoms with Crippen LogP contribution in [0.25, 0.3) is 11.2 Å². The van der Waals surface area contributed by atoms with Crippen molar-refractivity contribution in [2.24, 2.45) is 5.92 Å². The van der Waals surface area contributed by atoms with Crippen molar-refractivity contribution in [1.82, 2.24) is 19.5 Å². The van der Waals surface area contributed by atoms with E-state index in [0.29, 0.717) is 5.82 Å². The van der Waals surface area contributed by atoms with Crippen molar-refractivity contribution in [3.63, 3.8) is 0 Å². The number of imidazole rings is 1. The van der Waals surface area contributed by atoms with Gasteiger partial charge in [0.05, 0.1) is 12.4 Å². The standard InChI is InChI=1S/C13H18N6O/c1-18(2)11-10-12(17-13(14)16-11)19(7-15-10)9-4-3-8(5-9)6-20/h3-4,7-9,20H,5-6H2,1-2H3,(H2,14,16,17)/t8-,9+/m0/s1. The SMILES string of the molecule is CN(C)c1nc(N)nc2c1ncn2[C@@H]1C=C[C@H](CO)C1. The predicted molar refractivity (Wildman–Crippen MR) is 77.4 cm³/mol. The lowest BCUT2D eigenvalue weighted by Crippen LogP contribution is -2.14. The second-order valence-corrected chi connectivity index (χ2v) is 5.25. The summed E-state index contributed by atoms with van der Waals surface area (Å²) in [6.07, 6.45) is 6.73. The highest BCUT2D eigenvalue weighted by atomic mass is 16.3. The maximum absolute atomic E-state index is 9.23. The Labute approximate surface area is 116 Å². The van der Waals surface area contributed by atoms with Gasteiger partial charge in [0.25, 0.3) is 0 Å². The highest BCUT2D eigenvalue weighted by molar-refractivity contribution is 5.84. The Kier molecular flexibility index (Phi) is 3.06. The van der Waals surface area contributed by atoms with Crippen LogP contribution >= 0.6 is 0 Å². The zero-order valence-electron chi connectivity index (χ0n) is 11.6. The molecule has 0 unspecified atom stereocenters. The molecule has 0 aromatic carbocycles. The number of hydrogen-bond acceptors (Lipinski definition) is 6. The Bertz CT molecular complexity index is 662. The monoisotopic (exact) mass is 274 g/mol. The summed E-state index contributed by atoms with van der Waals surface area (Å²) in [5, 5.41) is 9.23. The molecule has 0 aliphatic heterocycles. The third-order valence-corrected chi connectivity index (χ3v) is 3.59. The van der Waals surface area contributed by atoms with E-state index >= 15 is 0 Å². The number of aliphatic hydroxyl groups is 1. The van der Waals surface area contributed by atoms with Crippen LogP contribution in [-0.4, -0.2) is 45.3 Å². The summed E-state index contributed by atoms with van der Waals surface area (Å²) in [4.78, 5) is 14.8. The molecule has 0 fully saturated rings.